The van der Waals surface area contributed by atoms with Gasteiger partial charge in [-0.2, -0.15) is 0 Å². The van der Waals surface area contributed by atoms with E-state index in [1.54, 1.807) is 0 Å². The minimum atomic E-state index is 0.0314. The van der Waals surface area contributed by atoms with Gasteiger partial charge in [-0.05, 0) is 63.1 Å². The third-order valence-corrected chi connectivity index (χ3v) is 7.53. The van der Waals surface area contributed by atoms with Gasteiger partial charge in [0.1, 0.15) is 5.75 Å². The van der Waals surface area contributed by atoms with Crippen molar-refractivity contribution in [2.45, 2.75) is 45.2 Å². The lowest BCUT2D eigenvalue weighted by molar-refractivity contribution is -0.136. The number of carbonyl (C=O) groups excluding carboxylic acids is 2. The van der Waals surface area contributed by atoms with E-state index < -0.39 is 0 Å². The van der Waals surface area contributed by atoms with E-state index in [0.717, 1.165) is 68.1 Å². The number of aryl methyl sites for hydroxylation is 3. The molecule has 176 valence electrons. The Morgan fingerprint density at radius 2 is 1.61 bits per heavy atom. The standard InChI is InChI=1S/C25H32N4O3S/c1-18-6-4-5-7-21(18)32-15-22(30)28-11-8-25(9-12-28)10-13-29(17-25)23(31)16-33-24-26-19(2)14-20(3)27-24/h4-7,14H,8-13,15-17H2,1-3H3. The van der Waals surface area contributed by atoms with Crippen LogP contribution in [0.5, 0.6) is 5.75 Å². The molecular weight excluding hydrogens is 436 g/mol. The summed E-state index contributed by atoms with van der Waals surface area (Å²) >= 11 is 1.41. The molecule has 0 saturated carbocycles. The zero-order valence-electron chi connectivity index (χ0n) is 19.7. The fraction of sp³-hybridized carbons (Fsp3) is 0.520. The van der Waals surface area contributed by atoms with Gasteiger partial charge in [-0.25, -0.2) is 9.97 Å². The average molecular weight is 469 g/mol. The van der Waals surface area contributed by atoms with Gasteiger partial charge in [0.25, 0.3) is 5.91 Å². The van der Waals surface area contributed by atoms with Gasteiger partial charge in [0.15, 0.2) is 11.8 Å². The number of hydrogen-bond acceptors (Lipinski definition) is 6. The van der Waals surface area contributed by atoms with Crippen LogP contribution in [0.3, 0.4) is 0 Å². The lowest BCUT2D eigenvalue weighted by atomic mass is 9.78. The van der Waals surface area contributed by atoms with E-state index >= 15 is 0 Å². The van der Waals surface area contributed by atoms with E-state index in [1.807, 2.05) is 60.9 Å². The number of nitrogens with zero attached hydrogens (tertiary/aromatic N) is 4. The van der Waals surface area contributed by atoms with E-state index in [-0.39, 0.29) is 23.8 Å². The van der Waals surface area contributed by atoms with Crippen LogP contribution < -0.4 is 4.74 Å². The van der Waals surface area contributed by atoms with Crippen molar-refractivity contribution >= 4 is 23.6 Å². The summed E-state index contributed by atoms with van der Waals surface area (Å²) < 4.78 is 5.74. The van der Waals surface area contributed by atoms with Gasteiger partial charge in [0, 0.05) is 37.6 Å². The van der Waals surface area contributed by atoms with Crippen LogP contribution in [-0.2, 0) is 9.59 Å². The Morgan fingerprint density at radius 1 is 0.970 bits per heavy atom. The van der Waals surface area contributed by atoms with Gasteiger partial charge in [-0.3, -0.25) is 9.59 Å². The van der Waals surface area contributed by atoms with E-state index in [2.05, 4.69) is 9.97 Å². The van der Waals surface area contributed by atoms with Gasteiger partial charge in [0.05, 0.1) is 5.75 Å². The molecule has 33 heavy (non-hydrogen) atoms. The summed E-state index contributed by atoms with van der Waals surface area (Å²) in [5.74, 6) is 1.29. The fourth-order valence-electron chi connectivity index (χ4n) is 4.71. The average Bonchev–Trinajstić information content (AvgIpc) is 3.20. The molecule has 2 amide bonds. The molecule has 2 aliphatic heterocycles. The Labute approximate surface area is 199 Å². The van der Waals surface area contributed by atoms with Crippen LogP contribution in [0.25, 0.3) is 0 Å². The first-order chi connectivity index (χ1) is 15.8. The van der Waals surface area contributed by atoms with E-state index in [4.69, 9.17) is 4.74 Å². The zero-order valence-corrected chi connectivity index (χ0v) is 20.5. The molecule has 2 saturated heterocycles. The molecule has 0 atom stereocenters. The largest absolute Gasteiger partial charge is 0.484 e. The molecule has 2 fully saturated rings. The Morgan fingerprint density at radius 3 is 2.27 bits per heavy atom. The molecule has 1 aromatic carbocycles. The molecule has 1 spiro atoms. The third kappa shape index (κ3) is 5.85. The summed E-state index contributed by atoms with van der Waals surface area (Å²) in [6, 6.07) is 9.67. The predicted octanol–water partition coefficient (Wildman–Crippen LogP) is 3.41. The number of aromatic nitrogens is 2. The van der Waals surface area contributed by atoms with Crippen LogP contribution >= 0.6 is 11.8 Å². The molecule has 1 aromatic heterocycles. The molecule has 3 heterocycles. The number of para-hydroxylation sites is 1. The first-order valence-corrected chi connectivity index (χ1v) is 12.5. The Kier molecular flexibility index (Phi) is 7.22. The van der Waals surface area contributed by atoms with Crippen LogP contribution in [0.15, 0.2) is 35.5 Å². The Bertz CT molecular complexity index is 1000. The Balaban J connectivity index is 1.23. The second-order valence-electron chi connectivity index (χ2n) is 9.22. The highest BCUT2D eigenvalue weighted by Gasteiger charge is 2.42. The summed E-state index contributed by atoms with van der Waals surface area (Å²) in [5.41, 5.74) is 3.00. The first kappa shape index (κ1) is 23.5. The number of likely N-dealkylation sites (tertiary alicyclic amines) is 2. The van der Waals surface area contributed by atoms with Gasteiger partial charge in [0.2, 0.25) is 5.91 Å². The molecule has 4 rings (SSSR count). The van der Waals surface area contributed by atoms with Gasteiger partial charge >= 0.3 is 0 Å². The van der Waals surface area contributed by atoms with Crippen molar-refractivity contribution in [2.24, 2.45) is 5.41 Å². The fourth-order valence-corrected chi connectivity index (χ4v) is 5.56. The number of thioether (sulfide) groups is 1. The molecule has 0 aliphatic carbocycles. The summed E-state index contributed by atoms with van der Waals surface area (Å²) in [7, 11) is 0. The van der Waals surface area contributed by atoms with E-state index in [9.17, 15) is 9.59 Å². The van der Waals surface area contributed by atoms with Gasteiger partial charge in [-0.15, -0.1) is 0 Å². The van der Waals surface area contributed by atoms with Gasteiger partial charge in [-0.1, -0.05) is 30.0 Å². The second kappa shape index (κ2) is 10.1. The van der Waals surface area contributed by atoms with Gasteiger partial charge < -0.3 is 14.5 Å². The van der Waals surface area contributed by atoms with Crippen molar-refractivity contribution in [2.75, 3.05) is 38.5 Å². The van der Waals surface area contributed by atoms with Crippen molar-refractivity contribution in [3.63, 3.8) is 0 Å². The molecule has 2 aliphatic rings. The molecule has 7 nitrogen and oxygen atoms in total. The SMILES string of the molecule is Cc1cc(C)nc(SCC(=O)N2CCC3(CCN(C(=O)COc4ccccc4C)CC3)C2)n1. The second-order valence-corrected chi connectivity index (χ2v) is 10.2. The smallest absolute Gasteiger partial charge is 0.260 e. The van der Waals surface area contributed by atoms with Crippen molar-refractivity contribution in [1.29, 1.82) is 0 Å². The Hall–Kier alpha value is -2.61. The topological polar surface area (TPSA) is 75.6 Å². The molecule has 0 unspecified atom stereocenters. The molecule has 8 heteroatoms. The molecule has 0 bridgehead atoms. The third-order valence-electron chi connectivity index (χ3n) is 6.70. The van der Waals surface area contributed by atoms with E-state index in [0.29, 0.717) is 10.9 Å². The molecule has 2 aromatic rings. The van der Waals surface area contributed by atoms with Crippen molar-refractivity contribution in [3.8, 4) is 5.75 Å². The number of hydrogen-bond donors (Lipinski definition) is 0. The number of ether oxygens (including phenoxy) is 1. The quantitative estimate of drug-likeness (QED) is 0.478. The number of benzene rings is 1. The summed E-state index contributed by atoms with van der Waals surface area (Å²) in [4.78, 5) is 38.2. The highest BCUT2D eigenvalue weighted by Crippen LogP contribution is 2.40. The normalized spacial score (nSPS) is 17.4. The first-order valence-electron chi connectivity index (χ1n) is 11.5. The van der Waals surface area contributed by atoms with Crippen molar-refractivity contribution in [3.05, 3.63) is 47.3 Å². The van der Waals surface area contributed by atoms with Crippen molar-refractivity contribution in [1.82, 2.24) is 19.8 Å². The molecule has 0 radical (unpaired) electrons. The van der Waals surface area contributed by atoms with Crippen LogP contribution in [0, 0.1) is 26.2 Å². The van der Waals surface area contributed by atoms with Crippen LogP contribution in [0.4, 0.5) is 0 Å². The summed E-state index contributed by atoms with van der Waals surface area (Å²) in [6.45, 7) is 8.95. The predicted molar refractivity (Wildman–Crippen MR) is 128 cm³/mol. The lowest BCUT2D eigenvalue weighted by Gasteiger charge is -2.39. The maximum Gasteiger partial charge on any atom is 0.260 e. The summed E-state index contributed by atoms with van der Waals surface area (Å²) in [6.07, 6.45) is 2.87. The lowest BCUT2D eigenvalue weighted by Crippen LogP contribution is -2.46. The highest BCUT2D eigenvalue weighted by molar-refractivity contribution is 7.99. The van der Waals surface area contributed by atoms with Crippen LogP contribution in [0.1, 0.15) is 36.2 Å². The van der Waals surface area contributed by atoms with Crippen LogP contribution in [-0.4, -0.2) is 70.1 Å². The highest BCUT2D eigenvalue weighted by atomic mass is 32.2. The number of amides is 2. The maximum atomic E-state index is 12.8. The minimum Gasteiger partial charge on any atom is -0.484 e. The monoisotopic (exact) mass is 468 g/mol. The van der Waals surface area contributed by atoms with Crippen molar-refractivity contribution < 1.29 is 14.3 Å². The number of piperidine rings is 1. The molecular formula is C25H32N4O3S. The number of rotatable bonds is 6. The van der Waals surface area contributed by atoms with Crippen LogP contribution in [0.2, 0.25) is 0 Å². The summed E-state index contributed by atoms with van der Waals surface area (Å²) in [5, 5.41) is 0.662. The molecule has 0 N–H and O–H groups in total. The zero-order chi connectivity index (χ0) is 23.4. The van der Waals surface area contributed by atoms with E-state index in [1.165, 1.54) is 11.8 Å². The minimum absolute atomic E-state index is 0.0314. The number of carbonyl (C=O) groups is 2. The maximum absolute atomic E-state index is 12.8.